The van der Waals surface area contributed by atoms with Crippen molar-refractivity contribution in [2.24, 2.45) is 5.92 Å². The summed E-state index contributed by atoms with van der Waals surface area (Å²) in [5.74, 6) is -0.000288. The Hall–Kier alpha value is -1.65. The van der Waals surface area contributed by atoms with E-state index < -0.39 is 5.97 Å². The van der Waals surface area contributed by atoms with Crippen molar-refractivity contribution < 1.29 is 9.90 Å². The second kappa shape index (κ2) is 5.38. The molecule has 2 atom stereocenters. The number of hydrogen-bond donors (Lipinski definition) is 1. The van der Waals surface area contributed by atoms with E-state index >= 15 is 0 Å². The van der Waals surface area contributed by atoms with E-state index in [1.54, 1.807) is 6.33 Å². The average Bonchev–Trinajstić information content (AvgIpc) is 2.67. The molecule has 0 aromatic carbocycles. The molecule has 3 rings (SSSR count). The Kier molecular flexibility index (Phi) is 3.59. The molecule has 0 amide bonds. The summed E-state index contributed by atoms with van der Waals surface area (Å²) in [6.07, 6.45) is 8.00. The van der Waals surface area contributed by atoms with Crippen LogP contribution in [0.5, 0.6) is 0 Å². The Balaban J connectivity index is 1.93. The van der Waals surface area contributed by atoms with Crippen molar-refractivity contribution in [3.05, 3.63) is 17.6 Å². The van der Waals surface area contributed by atoms with Crippen LogP contribution in [-0.2, 0) is 17.6 Å². The summed E-state index contributed by atoms with van der Waals surface area (Å²) >= 11 is 0. The summed E-state index contributed by atoms with van der Waals surface area (Å²) in [4.78, 5) is 22.4. The lowest BCUT2D eigenvalue weighted by Gasteiger charge is -2.27. The van der Waals surface area contributed by atoms with Gasteiger partial charge in [-0.3, -0.25) is 4.79 Å². The van der Waals surface area contributed by atoms with Gasteiger partial charge in [0.05, 0.1) is 5.92 Å². The van der Waals surface area contributed by atoms with Crippen molar-refractivity contribution in [3.63, 3.8) is 0 Å². The predicted octanol–water partition coefficient (Wildman–Crippen LogP) is 2.04. The van der Waals surface area contributed by atoms with E-state index in [0.717, 1.165) is 25.2 Å². The smallest absolute Gasteiger partial charge is 0.308 e. The second-order valence-electron chi connectivity index (χ2n) is 5.85. The van der Waals surface area contributed by atoms with Gasteiger partial charge >= 0.3 is 5.97 Å². The van der Waals surface area contributed by atoms with Gasteiger partial charge in [0.1, 0.15) is 12.1 Å². The van der Waals surface area contributed by atoms with Gasteiger partial charge in [-0.25, -0.2) is 9.97 Å². The van der Waals surface area contributed by atoms with Gasteiger partial charge < -0.3 is 10.0 Å². The lowest BCUT2D eigenvalue weighted by atomic mass is 10.0. The van der Waals surface area contributed by atoms with Crippen molar-refractivity contribution in [3.8, 4) is 0 Å². The highest BCUT2D eigenvalue weighted by atomic mass is 16.4. The van der Waals surface area contributed by atoms with Gasteiger partial charge in [-0.2, -0.15) is 0 Å². The van der Waals surface area contributed by atoms with Crippen LogP contribution in [-0.4, -0.2) is 33.6 Å². The number of anilines is 1. The van der Waals surface area contributed by atoms with Crippen LogP contribution in [0.3, 0.4) is 0 Å². The maximum absolute atomic E-state index is 11.3. The van der Waals surface area contributed by atoms with Crippen LogP contribution in [0.15, 0.2) is 6.33 Å². The van der Waals surface area contributed by atoms with Gasteiger partial charge in [0.15, 0.2) is 0 Å². The molecule has 2 heterocycles. The van der Waals surface area contributed by atoms with Crippen LogP contribution < -0.4 is 4.90 Å². The summed E-state index contributed by atoms with van der Waals surface area (Å²) in [6, 6.07) is 0.00903. The fourth-order valence-electron chi connectivity index (χ4n) is 3.50. The molecule has 0 radical (unpaired) electrons. The fraction of sp³-hybridized carbons (Fsp3) is 0.667. The van der Waals surface area contributed by atoms with E-state index in [1.807, 2.05) is 6.92 Å². The number of carboxylic acid groups (broad SMARTS) is 1. The number of fused-ring (bicyclic) bond motifs is 1. The number of nitrogens with zero attached hydrogens (tertiary/aromatic N) is 3. The number of carbonyl (C=O) groups is 1. The van der Waals surface area contributed by atoms with Crippen LogP contribution in [0.2, 0.25) is 0 Å². The number of aliphatic carboxylic acids is 1. The number of carboxylic acids is 1. The molecule has 1 saturated heterocycles. The molecule has 1 aliphatic carbocycles. The van der Waals surface area contributed by atoms with E-state index in [-0.39, 0.29) is 12.0 Å². The molecule has 2 unspecified atom stereocenters. The monoisotopic (exact) mass is 275 g/mol. The van der Waals surface area contributed by atoms with E-state index in [9.17, 15) is 9.90 Å². The van der Waals surface area contributed by atoms with Crippen molar-refractivity contribution in [1.29, 1.82) is 0 Å². The largest absolute Gasteiger partial charge is 0.481 e. The zero-order chi connectivity index (χ0) is 14.1. The third-order valence-corrected chi connectivity index (χ3v) is 4.70. The molecule has 1 aromatic heterocycles. The van der Waals surface area contributed by atoms with Crippen molar-refractivity contribution >= 4 is 11.8 Å². The first-order valence-corrected chi connectivity index (χ1v) is 7.50. The van der Waals surface area contributed by atoms with Crippen LogP contribution in [0.1, 0.15) is 43.9 Å². The first kappa shape index (κ1) is 13.3. The zero-order valence-corrected chi connectivity index (χ0v) is 11.9. The summed E-state index contributed by atoms with van der Waals surface area (Å²) in [5.41, 5.74) is 2.42. The van der Waals surface area contributed by atoms with Crippen LogP contribution in [0, 0.1) is 5.92 Å². The quantitative estimate of drug-likeness (QED) is 0.837. The van der Waals surface area contributed by atoms with E-state index in [0.29, 0.717) is 6.42 Å². The molecule has 5 nitrogen and oxygen atoms in total. The fourth-order valence-corrected chi connectivity index (χ4v) is 3.50. The van der Waals surface area contributed by atoms with Crippen molar-refractivity contribution in [2.45, 2.75) is 51.5 Å². The third-order valence-electron chi connectivity index (χ3n) is 4.70. The van der Waals surface area contributed by atoms with Gasteiger partial charge in [-0.15, -0.1) is 0 Å². The molecule has 0 spiro atoms. The molecule has 1 aromatic rings. The molecule has 0 saturated carbocycles. The highest BCUT2D eigenvalue weighted by molar-refractivity contribution is 5.73. The number of hydrogen-bond acceptors (Lipinski definition) is 4. The van der Waals surface area contributed by atoms with Crippen LogP contribution in [0.4, 0.5) is 5.82 Å². The molecule has 2 aliphatic rings. The first-order chi connectivity index (χ1) is 9.68. The molecule has 0 bridgehead atoms. The van der Waals surface area contributed by atoms with Crippen LogP contribution in [0.25, 0.3) is 0 Å². The lowest BCUT2D eigenvalue weighted by molar-refractivity contribution is -0.141. The average molecular weight is 275 g/mol. The lowest BCUT2D eigenvalue weighted by Crippen LogP contribution is -2.34. The van der Waals surface area contributed by atoms with Crippen LogP contribution >= 0.6 is 0 Å². The summed E-state index contributed by atoms with van der Waals surface area (Å²) in [5, 5.41) is 9.27. The second-order valence-corrected chi connectivity index (χ2v) is 5.85. The predicted molar refractivity (Wildman–Crippen MR) is 75.8 cm³/mol. The minimum absolute atomic E-state index is 0.00903. The maximum atomic E-state index is 11.3. The minimum atomic E-state index is -0.694. The number of aromatic nitrogens is 2. The third kappa shape index (κ3) is 2.25. The van der Waals surface area contributed by atoms with Gasteiger partial charge in [0.25, 0.3) is 0 Å². The molecule has 1 N–H and O–H groups in total. The maximum Gasteiger partial charge on any atom is 0.308 e. The Morgan fingerprint density at radius 1 is 1.30 bits per heavy atom. The zero-order valence-electron chi connectivity index (χ0n) is 11.9. The SMILES string of the molecule is CC1C(C(=O)O)CCN1c1ncnc2c1CCCCC2. The van der Waals surface area contributed by atoms with Gasteiger partial charge in [0, 0.05) is 23.8 Å². The Labute approximate surface area is 119 Å². The molecule has 1 fully saturated rings. The number of rotatable bonds is 2. The molecule has 5 heteroatoms. The molecule has 108 valence electrons. The van der Waals surface area contributed by atoms with Gasteiger partial charge in [0.2, 0.25) is 0 Å². The molecular formula is C15H21N3O2. The van der Waals surface area contributed by atoms with E-state index in [4.69, 9.17) is 0 Å². The molecule has 1 aliphatic heterocycles. The molecule has 20 heavy (non-hydrogen) atoms. The highest BCUT2D eigenvalue weighted by Gasteiger charge is 2.37. The highest BCUT2D eigenvalue weighted by Crippen LogP contribution is 2.33. The summed E-state index contributed by atoms with van der Waals surface area (Å²) in [7, 11) is 0. The summed E-state index contributed by atoms with van der Waals surface area (Å²) in [6.45, 7) is 2.78. The van der Waals surface area contributed by atoms with Gasteiger partial charge in [-0.05, 0) is 39.0 Å². The van der Waals surface area contributed by atoms with Crippen molar-refractivity contribution in [1.82, 2.24) is 9.97 Å². The Bertz CT molecular complexity index is 518. The molecular weight excluding hydrogens is 254 g/mol. The number of aryl methyl sites for hydroxylation is 1. The summed E-state index contributed by atoms with van der Waals surface area (Å²) < 4.78 is 0. The minimum Gasteiger partial charge on any atom is -0.481 e. The van der Waals surface area contributed by atoms with E-state index in [1.165, 1.54) is 30.5 Å². The Morgan fingerprint density at radius 2 is 2.10 bits per heavy atom. The van der Waals surface area contributed by atoms with Crippen molar-refractivity contribution in [2.75, 3.05) is 11.4 Å². The standard InChI is InChI=1S/C15H21N3O2/c1-10-11(15(19)20)7-8-18(10)14-12-5-3-2-4-6-13(12)16-9-17-14/h9-11H,2-8H2,1H3,(H,19,20). The normalized spacial score (nSPS) is 26.1. The van der Waals surface area contributed by atoms with E-state index in [2.05, 4.69) is 14.9 Å². The topological polar surface area (TPSA) is 66.3 Å². The van der Waals surface area contributed by atoms with Gasteiger partial charge in [-0.1, -0.05) is 6.42 Å². The Morgan fingerprint density at radius 3 is 2.85 bits per heavy atom. The first-order valence-electron chi connectivity index (χ1n) is 7.50.